The van der Waals surface area contributed by atoms with Crippen LogP contribution in [0, 0.1) is 0 Å². The number of benzene rings is 1. The number of thioether (sulfide) groups is 1. The van der Waals surface area contributed by atoms with Gasteiger partial charge in [0.15, 0.2) is 0 Å². The molecule has 7 heteroatoms. The lowest BCUT2D eigenvalue weighted by atomic mass is 10.1. The quantitative estimate of drug-likeness (QED) is 0.440. The summed E-state index contributed by atoms with van der Waals surface area (Å²) in [6, 6.07) is 3.74. The maximum absolute atomic E-state index is 12.6. The van der Waals surface area contributed by atoms with Gasteiger partial charge in [-0.05, 0) is 23.4 Å². The van der Waals surface area contributed by atoms with Crippen LogP contribution in [0.2, 0.25) is 0 Å². The van der Waals surface area contributed by atoms with Crippen LogP contribution in [-0.2, 0) is 11.9 Å². The summed E-state index contributed by atoms with van der Waals surface area (Å²) in [5, 5.41) is 3.14. The van der Waals surface area contributed by atoms with E-state index in [-0.39, 0.29) is 5.69 Å². The molecular weight excluding hydrogens is 239 g/mol. The van der Waals surface area contributed by atoms with Gasteiger partial charge in [-0.15, -0.1) is 0 Å². The topological polar surface area (TPSA) is 48.8 Å². The lowest BCUT2D eigenvalue weighted by molar-refractivity contribution is -0.137. The minimum Gasteiger partial charge on any atom is -0.166 e. The predicted octanol–water partition coefficient (Wildman–Crippen LogP) is 4.51. The van der Waals surface area contributed by atoms with Crippen LogP contribution < -0.4 is 0 Å². The summed E-state index contributed by atoms with van der Waals surface area (Å²) in [4.78, 5) is 2.44. The molecule has 0 unspecified atom stereocenters. The van der Waals surface area contributed by atoms with Gasteiger partial charge in [-0.2, -0.15) is 24.9 Å². The van der Waals surface area contributed by atoms with Crippen molar-refractivity contribution in [3.8, 4) is 0 Å². The van der Waals surface area contributed by atoms with Crippen molar-refractivity contribution in [3.05, 3.63) is 39.8 Å². The SMILES string of the molecule is CSCc1cccc(C(F)(F)F)c1N=[N+]=[N-]. The van der Waals surface area contributed by atoms with Gasteiger partial charge in [0.05, 0.1) is 11.3 Å². The number of alkyl halides is 3. The minimum absolute atomic E-state index is 0.327. The maximum Gasteiger partial charge on any atom is 0.416 e. The van der Waals surface area contributed by atoms with Gasteiger partial charge < -0.3 is 0 Å². The third-order valence-electron chi connectivity index (χ3n) is 1.87. The van der Waals surface area contributed by atoms with Gasteiger partial charge in [-0.25, -0.2) is 0 Å². The second-order valence-electron chi connectivity index (χ2n) is 2.93. The lowest BCUT2D eigenvalue weighted by Crippen LogP contribution is -2.06. The Balaban J connectivity index is 3.38. The van der Waals surface area contributed by atoms with Gasteiger partial charge in [0, 0.05) is 10.7 Å². The molecule has 0 saturated heterocycles. The standard InChI is InChI=1S/C9H8F3N3S/c1-16-5-6-3-2-4-7(9(10,11)12)8(6)14-15-13/h2-4H,5H2,1H3. The van der Waals surface area contributed by atoms with Crippen molar-refractivity contribution in [3.63, 3.8) is 0 Å². The molecule has 0 bridgehead atoms. The van der Waals surface area contributed by atoms with Crippen molar-refractivity contribution in [2.75, 3.05) is 6.26 Å². The molecule has 1 aromatic rings. The summed E-state index contributed by atoms with van der Waals surface area (Å²) in [7, 11) is 0. The molecular formula is C9H8F3N3S. The number of rotatable bonds is 3. The smallest absolute Gasteiger partial charge is 0.166 e. The van der Waals surface area contributed by atoms with Crippen LogP contribution in [0.25, 0.3) is 10.4 Å². The summed E-state index contributed by atoms with van der Waals surface area (Å²) in [6.45, 7) is 0. The zero-order chi connectivity index (χ0) is 12.2. The Hall–Kier alpha value is -1.33. The molecule has 0 aromatic heterocycles. The first kappa shape index (κ1) is 12.7. The van der Waals surface area contributed by atoms with E-state index >= 15 is 0 Å². The molecule has 0 aliphatic rings. The van der Waals surface area contributed by atoms with Crippen molar-refractivity contribution in [1.29, 1.82) is 0 Å². The summed E-state index contributed by atoms with van der Waals surface area (Å²) in [6.07, 6.45) is -2.74. The average Bonchev–Trinajstić information content (AvgIpc) is 2.19. The molecule has 0 spiro atoms. The predicted molar refractivity (Wildman–Crippen MR) is 57.5 cm³/mol. The molecule has 0 aliphatic carbocycles. The monoisotopic (exact) mass is 247 g/mol. The molecule has 0 amide bonds. The third kappa shape index (κ3) is 2.84. The fourth-order valence-corrected chi connectivity index (χ4v) is 1.80. The molecule has 0 saturated carbocycles. The van der Waals surface area contributed by atoms with Crippen molar-refractivity contribution in [2.45, 2.75) is 11.9 Å². The van der Waals surface area contributed by atoms with Crippen LogP contribution in [0.1, 0.15) is 11.1 Å². The molecule has 0 radical (unpaired) electrons. The van der Waals surface area contributed by atoms with Gasteiger partial charge >= 0.3 is 6.18 Å². The number of nitrogens with zero attached hydrogens (tertiary/aromatic N) is 3. The van der Waals surface area contributed by atoms with E-state index in [1.165, 1.54) is 23.9 Å². The van der Waals surface area contributed by atoms with Crippen molar-refractivity contribution >= 4 is 17.4 Å². The number of hydrogen-bond donors (Lipinski definition) is 0. The van der Waals surface area contributed by atoms with E-state index in [0.29, 0.717) is 11.3 Å². The molecule has 16 heavy (non-hydrogen) atoms. The summed E-state index contributed by atoms with van der Waals surface area (Å²) >= 11 is 1.36. The van der Waals surface area contributed by atoms with E-state index in [9.17, 15) is 13.2 Å². The van der Waals surface area contributed by atoms with Crippen LogP contribution in [0.3, 0.4) is 0 Å². The highest BCUT2D eigenvalue weighted by atomic mass is 32.2. The molecule has 1 aromatic carbocycles. The highest BCUT2D eigenvalue weighted by Crippen LogP contribution is 2.39. The Morgan fingerprint density at radius 1 is 1.44 bits per heavy atom. The van der Waals surface area contributed by atoms with Gasteiger partial charge in [0.25, 0.3) is 0 Å². The van der Waals surface area contributed by atoms with E-state index in [1.54, 1.807) is 6.26 Å². The van der Waals surface area contributed by atoms with E-state index in [0.717, 1.165) is 6.07 Å². The van der Waals surface area contributed by atoms with Crippen LogP contribution in [0.15, 0.2) is 23.3 Å². The Bertz CT molecular complexity index is 424. The van der Waals surface area contributed by atoms with Gasteiger partial charge in [-0.3, -0.25) is 0 Å². The molecule has 86 valence electrons. The molecule has 1 rings (SSSR count). The fourth-order valence-electron chi connectivity index (χ4n) is 1.25. The Morgan fingerprint density at radius 3 is 2.62 bits per heavy atom. The van der Waals surface area contributed by atoms with E-state index < -0.39 is 11.7 Å². The zero-order valence-corrected chi connectivity index (χ0v) is 9.14. The molecule has 0 fully saturated rings. The molecule has 0 heterocycles. The normalized spacial score (nSPS) is 11.0. The second kappa shape index (κ2) is 5.14. The van der Waals surface area contributed by atoms with E-state index in [2.05, 4.69) is 10.0 Å². The van der Waals surface area contributed by atoms with Gasteiger partial charge in [-0.1, -0.05) is 17.2 Å². The summed E-state index contributed by atoms with van der Waals surface area (Å²) < 4.78 is 37.8. The van der Waals surface area contributed by atoms with Gasteiger partial charge in [0.2, 0.25) is 0 Å². The summed E-state index contributed by atoms with van der Waals surface area (Å²) in [5.41, 5.74) is 7.46. The third-order valence-corrected chi connectivity index (χ3v) is 2.47. The second-order valence-corrected chi connectivity index (χ2v) is 3.80. The first-order valence-corrected chi connectivity index (χ1v) is 5.63. The Labute approximate surface area is 94.3 Å². The number of hydrogen-bond acceptors (Lipinski definition) is 2. The van der Waals surface area contributed by atoms with Crippen LogP contribution in [0.5, 0.6) is 0 Å². The highest BCUT2D eigenvalue weighted by molar-refractivity contribution is 7.97. The highest BCUT2D eigenvalue weighted by Gasteiger charge is 2.33. The van der Waals surface area contributed by atoms with Crippen LogP contribution in [-0.4, -0.2) is 6.26 Å². The largest absolute Gasteiger partial charge is 0.416 e. The molecule has 3 nitrogen and oxygen atoms in total. The lowest BCUT2D eigenvalue weighted by Gasteiger charge is -2.12. The molecule has 0 aliphatic heterocycles. The van der Waals surface area contributed by atoms with Gasteiger partial charge in [0.1, 0.15) is 0 Å². The Kier molecular flexibility index (Phi) is 4.09. The maximum atomic E-state index is 12.6. The Morgan fingerprint density at radius 2 is 2.12 bits per heavy atom. The molecule has 0 N–H and O–H groups in total. The van der Waals surface area contributed by atoms with Crippen molar-refractivity contribution in [2.24, 2.45) is 5.11 Å². The number of halogens is 3. The first-order valence-electron chi connectivity index (χ1n) is 4.24. The average molecular weight is 247 g/mol. The van der Waals surface area contributed by atoms with Crippen LogP contribution in [0.4, 0.5) is 18.9 Å². The first-order chi connectivity index (χ1) is 7.50. The molecule has 0 atom stereocenters. The zero-order valence-electron chi connectivity index (χ0n) is 8.32. The van der Waals surface area contributed by atoms with E-state index in [4.69, 9.17) is 5.53 Å². The minimum atomic E-state index is -4.50. The van der Waals surface area contributed by atoms with Crippen molar-refractivity contribution < 1.29 is 13.2 Å². The van der Waals surface area contributed by atoms with Crippen molar-refractivity contribution in [1.82, 2.24) is 0 Å². The summed E-state index contributed by atoms with van der Waals surface area (Å²) in [5.74, 6) is 0.373. The van der Waals surface area contributed by atoms with Crippen LogP contribution >= 0.6 is 11.8 Å². The number of azide groups is 1. The fraction of sp³-hybridized carbons (Fsp3) is 0.333. The van der Waals surface area contributed by atoms with E-state index in [1.807, 2.05) is 0 Å².